The van der Waals surface area contributed by atoms with E-state index in [1.807, 2.05) is 12.1 Å². The summed E-state index contributed by atoms with van der Waals surface area (Å²) < 4.78 is 6.78. The van der Waals surface area contributed by atoms with Gasteiger partial charge in [0.2, 0.25) is 0 Å². The Morgan fingerprint density at radius 2 is 2.24 bits per heavy atom. The zero-order valence-corrected chi connectivity index (χ0v) is 10.6. The van der Waals surface area contributed by atoms with Gasteiger partial charge >= 0.3 is 0 Å². The summed E-state index contributed by atoms with van der Waals surface area (Å²) in [5, 5.41) is 13.7. The molecule has 1 aromatic carbocycles. The van der Waals surface area contributed by atoms with E-state index in [-0.39, 0.29) is 12.0 Å². The van der Waals surface area contributed by atoms with E-state index in [2.05, 4.69) is 24.4 Å². The Bertz CT molecular complexity index is 520. The van der Waals surface area contributed by atoms with Crippen LogP contribution in [-0.4, -0.2) is 17.8 Å². The predicted octanol–water partition coefficient (Wildman–Crippen LogP) is 3.36. The van der Waals surface area contributed by atoms with Crippen molar-refractivity contribution in [2.75, 3.05) is 6.61 Å². The maximum atomic E-state index is 10.5. The molecule has 0 radical (unpaired) electrons. The van der Waals surface area contributed by atoms with Gasteiger partial charge < -0.3 is 9.84 Å². The normalized spacial score (nSPS) is 26.5. The van der Waals surface area contributed by atoms with Crippen LogP contribution in [0.1, 0.15) is 25.0 Å². The SMILES string of the molecule is CC1CC(C(O)c2csc3ccccc23)CO1. The number of thiophene rings is 1. The lowest BCUT2D eigenvalue weighted by Crippen LogP contribution is -2.12. The molecule has 3 rings (SSSR count). The highest BCUT2D eigenvalue weighted by molar-refractivity contribution is 7.17. The van der Waals surface area contributed by atoms with Crippen molar-refractivity contribution in [3.63, 3.8) is 0 Å². The smallest absolute Gasteiger partial charge is 0.0855 e. The average Bonchev–Trinajstić information content (AvgIpc) is 2.94. The molecule has 0 amide bonds. The minimum atomic E-state index is -0.393. The fourth-order valence-corrected chi connectivity index (χ4v) is 3.54. The average molecular weight is 248 g/mol. The molecule has 17 heavy (non-hydrogen) atoms. The third-order valence-corrected chi connectivity index (χ3v) is 4.49. The Hall–Kier alpha value is -0.900. The summed E-state index contributed by atoms with van der Waals surface area (Å²) in [4.78, 5) is 0. The minimum absolute atomic E-state index is 0.239. The number of ether oxygens (including phenoxy) is 1. The molecule has 1 aliphatic heterocycles. The number of aliphatic hydroxyl groups excluding tert-OH is 1. The Morgan fingerprint density at radius 3 is 3.00 bits per heavy atom. The molecule has 2 heterocycles. The van der Waals surface area contributed by atoms with Gasteiger partial charge in [-0.3, -0.25) is 0 Å². The van der Waals surface area contributed by atoms with Gasteiger partial charge in [0, 0.05) is 10.6 Å². The van der Waals surface area contributed by atoms with Crippen LogP contribution in [0.15, 0.2) is 29.6 Å². The first-order valence-corrected chi connectivity index (χ1v) is 6.89. The van der Waals surface area contributed by atoms with E-state index in [1.54, 1.807) is 11.3 Å². The van der Waals surface area contributed by atoms with E-state index in [0.29, 0.717) is 6.61 Å². The zero-order valence-electron chi connectivity index (χ0n) is 9.80. The molecule has 1 aromatic heterocycles. The van der Waals surface area contributed by atoms with E-state index >= 15 is 0 Å². The highest BCUT2D eigenvalue weighted by atomic mass is 32.1. The third-order valence-electron chi connectivity index (χ3n) is 3.51. The number of rotatable bonds is 2. The largest absolute Gasteiger partial charge is 0.388 e. The van der Waals surface area contributed by atoms with Crippen LogP contribution in [0.4, 0.5) is 0 Å². The number of hydrogen-bond acceptors (Lipinski definition) is 3. The number of benzene rings is 1. The quantitative estimate of drug-likeness (QED) is 0.883. The lowest BCUT2D eigenvalue weighted by atomic mass is 9.93. The highest BCUT2D eigenvalue weighted by Gasteiger charge is 2.30. The van der Waals surface area contributed by atoms with Crippen LogP contribution in [-0.2, 0) is 4.74 Å². The molecule has 1 N–H and O–H groups in total. The second kappa shape index (κ2) is 4.41. The molecule has 0 aliphatic carbocycles. The maximum Gasteiger partial charge on any atom is 0.0855 e. The van der Waals surface area contributed by atoms with Crippen LogP contribution < -0.4 is 0 Å². The summed E-state index contributed by atoms with van der Waals surface area (Å²) in [6, 6.07) is 8.25. The molecule has 2 nitrogen and oxygen atoms in total. The molecular weight excluding hydrogens is 232 g/mol. The summed E-state index contributed by atoms with van der Waals surface area (Å²) in [6.07, 6.45) is 0.835. The van der Waals surface area contributed by atoms with Gasteiger partial charge in [-0.15, -0.1) is 11.3 Å². The summed E-state index contributed by atoms with van der Waals surface area (Å²) >= 11 is 1.70. The molecule has 0 saturated carbocycles. The van der Waals surface area contributed by atoms with Crippen molar-refractivity contribution in [1.29, 1.82) is 0 Å². The van der Waals surface area contributed by atoms with Crippen molar-refractivity contribution in [1.82, 2.24) is 0 Å². The molecule has 3 unspecified atom stereocenters. The first kappa shape index (κ1) is 11.2. The summed E-state index contributed by atoms with van der Waals surface area (Å²) in [5.41, 5.74) is 1.06. The molecule has 1 saturated heterocycles. The van der Waals surface area contributed by atoms with Gasteiger partial charge in [0.05, 0.1) is 18.8 Å². The molecular formula is C14H16O2S. The van der Waals surface area contributed by atoms with Crippen molar-refractivity contribution in [2.45, 2.75) is 25.6 Å². The first-order chi connectivity index (χ1) is 8.25. The molecule has 1 fully saturated rings. The van der Waals surface area contributed by atoms with Crippen molar-refractivity contribution >= 4 is 21.4 Å². The van der Waals surface area contributed by atoms with Gasteiger partial charge in [0.25, 0.3) is 0 Å². The Labute approximate surface area is 105 Å². The monoisotopic (exact) mass is 248 g/mol. The number of hydrogen-bond donors (Lipinski definition) is 1. The molecule has 90 valence electrons. The topological polar surface area (TPSA) is 29.5 Å². The lowest BCUT2D eigenvalue weighted by molar-refractivity contribution is 0.0813. The maximum absolute atomic E-state index is 10.5. The van der Waals surface area contributed by atoms with Crippen molar-refractivity contribution in [2.24, 2.45) is 5.92 Å². The molecule has 1 aliphatic rings. The molecule has 2 aromatic rings. The van der Waals surface area contributed by atoms with Crippen LogP contribution in [0.2, 0.25) is 0 Å². The van der Waals surface area contributed by atoms with Crippen LogP contribution in [0, 0.1) is 5.92 Å². The van der Waals surface area contributed by atoms with E-state index in [4.69, 9.17) is 4.74 Å². The fraction of sp³-hybridized carbons (Fsp3) is 0.429. The van der Waals surface area contributed by atoms with Crippen LogP contribution in [0.25, 0.3) is 10.1 Å². The second-order valence-corrected chi connectivity index (χ2v) is 5.68. The van der Waals surface area contributed by atoms with E-state index in [0.717, 1.165) is 12.0 Å². The summed E-state index contributed by atoms with van der Waals surface area (Å²) in [7, 11) is 0. The molecule has 3 atom stereocenters. The van der Waals surface area contributed by atoms with Crippen molar-refractivity contribution in [3.8, 4) is 0 Å². The van der Waals surface area contributed by atoms with Gasteiger partial charge in [-0.2, -0.15) is 0 Å². The van der Waals surface area contributed by atoms with Gasteiger partial charge in [0.1, 0.15) is 0 Å². The van der Waals surface area contributed by atoms with E-state index in [1.165, 1.54) is 10.1 Å². The van der Waals surface area contributed by atoms with Crippen LogP contribution in [0.3, 0.4) is 0 Å². The van der Waals surface area contributed by atoms with E-state index in [9.17, 15) is 5.11 Å². The number of fused-ring (bicyclic) bond motifs is 1. The first-order valence-electron chi connectivity index (χ1n) is 6.01. The Kier molecular flexibility index (Phi) is 2.90. The van der Waals surface area contributed by atoms with Crippen molar-refractivity contribution in [3.05, 3.63) is 35.2 Å². The number of aliphatic hydroxyl groups is 1. The minimum Gasteiger partial charge on any atom is -0.388 e. The second-order valence-electron chi connectivity index (χ2n) is 4.77. The Morgan fingerprint density at radius 1 is 1.41 bits per heavy atom. The Balaban J connectivity index is 1.93. The summed E-state index contributed by atoms with van der Waals surface area (Å²) in [5.74, 6) is 0.239. The lowest BCUT2D eigenvalue weighted by Gasteiger charge is -2.16. The highest BCUT2D eigenvalue weighted by Crippen LogP contribution is 2.37. The van der Waals surface area contributed by atoms with Gasteiger partial charge in [-0.1, -0.05) is 18.2 Å². The van der Waals surface area contributed by atoms with Gasteiger partial charge in [-0.25, -0.2) is 0 Å². The van der Waals surface area contributed by atoms with E-state index < -0.39 is 6.10 Å². The summed E-state index contributed by atoms with van der Waals surface area (Å²) in [6.45, 7) is 2.74. The van der Waals surface area contributed by atoms with Gasteiger partial charge in [-0.05, 0) is 35.7 Å². The van der Waals surface area contributed by atoms with Crippen molar-refractivity contribution < 1.29 is 9.84 Å². The third kappa shape index (κ3) is 1.99. The zero-order chi connectivity index (χ0) is 11.8. The van der Waals surface area contributed by atoms with Gasteiger partial charge in [0.15, 0.2) is 0 Å². The van der Waals surface area contributed by atoms with Crippen LogP contribution in [0.5, 0.6) is 0 Å². The predicted molar refractivity (Wildman–Crippen MR) is 70.3 cm³/mol. The standard InChI is InChI=1S/C14H16O2S/c1-9-6-10(7-16-9)14(15)12-8-17-13-5-3-2-4-11(12)13/h2-5,8-10,14-15H,6-7H2,1H3. The fourth-order valence-electron chi connectivity index (χ4n) is 2.55. The molecule has 0 spiro atoms. The molecule has 3 heteroatoms. The molecule has 0 bridgehead atoms. The van der Waals surface area contributed by atoms with Crippen LogP contribution >= 0.6 is 11.3 Å².